The number of benzene rings is 1. The fourth-order valence-electron chi connectivity index (χ4n) is 8.43. The number of hydrogen-bond acceptors (Lipinski definition) is 22. The van der Waals surface area contributed by atoms with Crippen molar-refractivity contribution in [2.45, 2.75) is 57.5 Å². The summed E-state index contributed by atoms with van der Waals surface area (Å²) in [5.41, 5.74) is 1.65. The van der Waals surface area contributed by atoms with E-state index in [0.29, 0.717) is 199 Å². The molecule has 7 amide bonds. The second-order valence-corrected chi connectivity index (χ2v) is 19.1. The molecule has 6 heterocycles. The number of imidazole rings is 1. The molecule has 3 aliphatic rings. The van der Waals surface area contributed by atoms with Crippen LogP contribution < -0.4 is 15.5 Å². The lowest BCUT2D eigenvalue weighted by molar-refractivity contribution is -0.198. The van der Waals surface area contributed by atoms with Crippen molar-refractivity contribution in [2.75, 3.05) is 182 Å². The van der Waals surface area contributed by atoms with Gasteiger partial charge in [0.25, 0.3) is 17.7 Å². The average molecular weight is 1200 g/mol. The Hall–Kier alpha value is -6.61. The van der Waals surface area contributed by atoms with E-state index in [-0.39, 0.29) is 37.8 Å². The summed E-state index contributed by atoms with van der Waals surface area (Å²) in [6.45, 7) is 14.2. The van der Waals surface area contributed by atoms with Gasteiger partial charge < -0.3 is 77.2 Å². The number of urea groups is 2. The number of amides is 7. The molecule has 470 valence electrons. The summed E-state index contributed by atoms with van der Waals surface area (Å²) in [5, 5.41) is 14.8. The van der Waals surface area contributed by atoms with E-state index in [2.05, 4.69) is 32.9 Å². The summed E-state index contributed by atoms with van der Waals surface area (Å²) >= 11 is 0. The van der Waals surface area contributed by atoms with Crippen LogP contribution in [0.15, 0.2) is 61.1 Å². The number of hydroxylamine groups is 2. The van der Waals surface area contributed by atoms with Crippen LogP contribution in [0, 0.1) is 0 Å². The highest BCUT2D eigenvalue weighted by atomic mass is 16.7. The molecule has 3 saturated heterocycles. The zero-order valence-corrected chi connectivity index (χ0v) is 48.7. The van der Waals surface area contributed by atoms with Crippen LogP contribution in [-0.2, 0) is 87.4 Å². The van der Waals surface area contributed by atoms with Gasteiger partial charge >= 0.3 is 18.0 Å². The van der Waals surface area contributed by atoms with Crippen LogP contribution in [0.5, 0.6) is 0 Å². The van der Waals surface area contributed by atoms with Gasteiger partial charge in [-0.1, -0.05) is 30.3 Å². The molecule has 0 radical (unpaired) electrons. The van der Waals surface area contributed by atoms with Crippen LogP contribution in [0.3, 0.4) is 0 Å². The normalized spacial score (nSPS) is 14.9. The van der Waals surface area contributed by atoms with Crippen LogP contribution in [-0.4, -0.2) is 248 Å². The molecule has 1 spiro atoms. The molecule has 7 rings (SSSR count). The molecular weight excluding hydrogens is 1120 g/mol. The number of nitrogens with one attached hydrogen (secondary N) is 2. The number of likely N-dealkylation sites (tertiary alicyclic amines) is 1. The summed E-state index contributed by atoms with van der Waals surface area (Å²) < 4.78 is 67.7. The number of aromatic nitrogens is 5. The Kier molecular flexibility index (Phi) is 31.1. The minimum atomic E-state index is -1.07. The first-order valence-electron chi connectivity index (χ1n) is 28.7. The summed E-state index contributed by atoms with van der Waals surface area (Å²) in [6, 6.07) is 12.1. The van der Waals surface area contributed by atoms with E-state index in [0.717, 1.165) is 23.5 Å². The first kappa shape index (κ1) is 67.5. The molecule has 0 saturated carbocycles. The maximum atomic E-state index is 13.6. The van der Waals surface area contributed by atoms with Gasteiger partial charge in [-0.15, -0.1) is 10.2 Å². The van der Waals surface area contributed by atoms with E-state index >= 15 is 0 Å². The number of piperidine rings is 1. The van der Waals surface area contributed by atoms with Gasteiger partial charge in [0.1, 0.15) is 22.7 Å². The summed E-state index contributed by atoms with van der Waals surface area (Å²) in [6.07, 6.45) is 6.76. The van der Waals surface area contributed by atoms with Crippen molar-refractivity contribution < 1.29 is 90.4 Å². The van der Waals surface area contributed by atoms with Crippen molar-refractivity contribution in [3.8, 4) is 11.3 Å². The highest BCUT2D eigenvalue weighted by Crippen LogP contribution is 2.33. The minimum Gasteiger partial charge on any atom is -0.382 e. The SMILES string of the molecule is CCCOCCOCCOCCn1cc(-c2cccc(NC(=O)N3CCC4(CC3)NC(=O)N(c3cnc5ccccn35)C4=O)c2)nn1.COCCOCCOCCOCCOCCOCCOCCOCCOCCC(=O)ON1C(=O)CCC1=O. The van der Waals surface area contributed by atoms with Gasteiger partial charge in [0.05, 0.1) is 171 Å². The van der Waals surface area contributed by atoms with Gasteiger partial charge in [0.15, 0.2) is 0 Å². The smallest absolute Gasteiger partial charge is 0.335 e. The van der Waals surface area contributed by atoms with Gasteiger partial charge in [-0.05, 0) is 43.5 Å². The van der Waals surface area contributed by atoms with Gasteiger partial charge in [-0.25, -0.2) is 28.9 Å². The molecule has 0 unspecified atom stereocenters. The monoisotopic (exact) mass is 1200 g/mol. The Morgan fingerprint density at radius 2 is 1.16 bits per heavy atom. The molecule has 0 aliphatic carbocycles. The fourth-order valence-corrected chi connectivity index (χ4v) is 8.43. The number of carbonyl (C=O) groups excluding carboxylic acids is 6. The lowest BCUT2D eigenvalue weighted by Gasteiger charge is -2.37. The topological polar surface area (TPSA) is 304 Å². The Labute approximate surface area is 493 Å². The number of imide groups is 2. The maximum absolute atomic E-state index is 13.6. The molecule has 3 fully saturated rings. The Bertz CT molecular complexity index is 2600. The summed E-state index contributed by atoms with van der Waals surface area (Å²) in [4.78, 5) is 85.9. The van der Waals surface area contributed by atoms with Crippen molar-refractivity contribution in [2.24, 2.45) is 0 Å². The van der Waals surface area contributed by atoms with Crippen LogP contribution in [0.1, 0.15) is 45.4 Å². The lowest BCUT2D eigenvalue weighted by Crippen LogP contribution is -2.56. The first-order valence-corrected chi connectivity index (χ1v) is 28.7. The molecule has 1 aromatic carbocycles. The third-order valence-corrected chi connectivity index (χ3v) is 12.9. The first-order chi connectivity index (χ1) is 41.6. The Balaban J connectivity index is 0.000000280. The molecule has 3 aromatic heterocycles. The predicted molar refractivity (Wildman–Crippen MR) is 302 cm³/mol. The van der Waals surface area contributed by atoms with Crippen LogP contribution >= 0.6 is 0 Å². The van der Waals surface area contributed by atoms with Crippen molar-refractivity contribution in [1.82, 2.24) is 39.7 Å². The molecule has 4 aromatic rings. The van der Waals surface area contributed by atoms with Gasteiger partial charge in [0.2, 0.25) is 0 Å². The van der Waals surface area contributed by atoms with E-state index < -0.39 is 29.4 Å². The molecule has 2 N–H and O–H groups in total. The van der Waals surface area contributed by atoms with Gasteiger partial charge in [-0.2, -0.15) is 0 Å². The number of ether oxygens (including phenoxy) is 12. The Morgan fingerprint density at radius 3 is 1.72 bits per heavy atom. The van der Waals surface area contributed by atoms with Crippen molar-refractivity contribution >= 4 is 52.9 Å². The Morgan fingerprint density at radius 1 is 0.635 bits per heavy atom. The molecule has 0 atom stereocenters. The largest absolute Gasteiger partial charge is 0.382 e. The van der Waals surface area contributed by atoms with Crippen molar-refractivity contribution in [3.63, 3.8) is 0 Å². The third kappa shape index (κ3) is 23.6. The summed E-state index contributed by atoms with van der Waals surface area (Å²) in [7, 11) is 1.63. The number of fused-ring (bicyclic) bond motifs is 1. The van der Waals surface area contributed by atoms with E-state index in [1.165, 1.54) is 6.20 Å². The molecule has 85 heavy (non-hydrogen) atoms. The minimum absolute atomic E-state index is 0.0635. The van der Waals surface area contributed by atoms with E-state index in [1.54, 1.807) is 39.4 Å². The van der Waals surface area contributed by atoms with E-state index in [4.69, 9.17) is 61.7 Å². The van der Waals surface area contributed by atoms with E-state index in [9.17, 15) is 28.8 Å². The average Bonchev–Trinajstić information content (AvgIpc) is 2.90. The zero-order chi connectivity index (χ0) is 60.2. The quantitative estimate of drug-likeness (QED) is 0.0366. The number of methoxy groups -OCH3 is 1. The molecule has 3 aliphatic heterocycles. The highest BCUT2D eigenvalue weighted by molar-refractivity contribution is 6.23. The second kappa shape index (κ2) is 39.2. The highest BCUT2D eigenvalue weighted by Gasteiger charge is 2.54. The van der Waals surface area contributed by atoms with Crippen LogP contribution in [0.4, 0.5) is 21.1 Å². The number of carbonyl (C=O) groups is 6. The van der Waals surface area contributed by atoms with Gasteiger partial charge in [0, 0.05) is 57.1 Å². The number of nitrogens with zero attached hydrogens (tertiary/aromatic N) is 8. The van der Waals surface area contributed by atoms with Crippen molar-refractivity contribution in [1.29, 1.82) is 0 Å². The lowest BCUT2D eigenvalue weighted by atomic mass is 9.87. The van der Waals surface area contributed by atoms with E-state index in [1.807, 2.05) is 36.5 Å². The number of hydrogen-bond donors (Lipinski definition) is 2. The molecule has 29 heteroatoms. The molecule has 0 bridgehead atoms. The van der Waals surface area contributed by atoms with Gasteiger partial charge in [-0.3, -0.25) is 18.8 Å². The number of pyridine rings is 1. The predicted octanol–water partition coefficient (Wildman–Crippen LogP) is 2.94. The number of anilines is 2. The fraction of sp³-hybridized carbons (Fsp3) is 0.625. The zero-order valence-electron chi connectivity index (χ0n) is 48.7. The van der Waals surface area contributed by atoms with Crippen LogP contribution in [0.25, 0.3) is 16.9 Å². The second-order valence-electron chi connectivity index (χ2n) is 19.1. The third-order valence-electron chi connectivity index (χ3n) is 12.9. The standard InChI is InChI=1S/C32H39N9O6.C24H43NO13/c1-2-15-45-17-19-47-20-18-46-16-14-39-23-26(36-37-39)24-6-5-7-25(21-24)34-30(43)38-12-9-32(10-13-38)29(42)41(31(44)35-32)28-22-33-27-8-3-4-11-40(27)28;1-29-6-7-31-10-11-33-14-15-35-18-19-37-21-20-36-17-16-34-13-12-32-9-8-30-5-4-24(28)38-25-22(26)2-3-23(25)27/h3-8,11,21-23H,2,9-10,12-20H2,1H3,(H,34,43)(H,35,44);2-21H2,1H3. The van der Waals surface area contributed by atoms with Crippen molar-refractivity contribution in [3.05, 3.63) is 61.1 Å². The summed E-state index contributed by atoms with van der Waals surface area (Å²) in [5.74, 6) is -1.66. The maximum Gasteiger partial charge on any atom is 0.335 e. The molecular formula is C56H82N10O19. The molecule has 29 nitrogen and oxygen atoms in total. The van der Waals surface area contributed by atoms with Crippen LogP contribution in [0.2, 0.25) is 0 Å². The number of rotatable bonds is 42.